The van der Waals surface area contributed by atoms with Gasteiger partial charge < -0.3 is 10.2 Å². The topological polar surface area (TPSA) is 59.4 Å². The first-order valence-corrected chi connectivity index (χ1v) is 7.04. The molecule has 0 aliphatic carbocycles. The van der Waals surface area contributed by atoms with Crippen molar-refractivity contribution in [2.24, 2.45) is 0 Å². The normalized spacial score (nSPS) is 20.1. The fourth-order valence-electron chi connectivity index (χ4n) is 2.28. The van der Waals surface area contributed by atoms with Crippen molar-refractivity contribution in [3.63, 3.8) is 0 Å². The minimum absolute atomic E-state index is 0.225. The van der Waals surface area contributed by atoms with E-state index in [0.717, 1.165) is 12.8 Å². The van der Waals surface area contributed by atoms with Crippen molar-refractivity contribution in [2.75, 3.05) is 32.7 Å². The van der Waals surface area contributed by atoms with Gasteiger partial charge in [-0.05, 0) is 19.8 Å². The predicted molar refractivity (Wildman–Crippen MR) is 71.5 cm³/mol. The Morgan fingerprint density at radius 3 is 2.67 bits per heavy atom. The van der Waals surface area contributed by atoms with Crippen LogP contribution in [0.3, 0.4) is 0 Å². The van der Waals surface area contributed by atoms with Crippen molar-refractivity contribution in [1.29, 1.82) is 5.26 Å². The van der Waals surface area contributed by atoms with E-state index in [9.17, 15) is 18.0 Å². The Labute approximate surface area is 122 Å². The van der Waals surface area contributed by atoms with Crippen molar-refractivity contribution < 1.29 is 18.0 Å². The van der Waals surface area contributed by atoms with Crippen molar-refractivity contribution >= 4 is 6.03 Å². The SMILES string of the molecule is C[C@H]1CN(C(=O)NCCCCC#N)CCN1CC(F)(F)F. The Bertz CT molecular complexity index is 381. The highest BCUT2D eigenvalue weighted by Crippen LogP contribution is 2.20. The van der Waals surface area contributed by atoms with Crippen LogP contribution in [0.5, 0.6) is 0 Å². The molecule has 1 saturated heterocycles. The van der Waals surface area contributed by atoms with Crippen LogP contribution in [-0.2, 0) is 0 Å². The summed E-state index contributed by atoms with van der Waals surface area (Å²) < 4.78 is 37.1. The standard InChI is InChI=1S/C13H21F3N4O/c1-11-9-19(7-8-20(11)10-13(14,15)16)12(21)18-6-4-2-3-5-17/h11H,2-4,6-10H2,1H3,(H,18,21)/t11-/m0/s1. The molecule has 1 aliphatic rings. The number of carbonyl (C=O) groups is 1. The number of unbranched alkanes of at least 4 members (excludes halogenated alkanes) is 2. The average molecular weight is 306 g/mol. The van der Waals surface area contributed by atoms with Crippen molar-refractivity contribution in [3.05, 3.63) is 0 Å². The molecule has 1 aliphatic heterocycles. The lowest BCUT2D eigenvalue weighted by Crippen LogP contribution is -2.57. The van der Waals surface area contributed by atoms with Crippen LogP contribution in [-0.4, -0.2) is 60.8 Å². The molecular weight excluding hydrogens is 285 g/mol. The fourth-order valence-corrected chi connectivity index (χ4v) is 2.28. The number of alkyl halides is 3. The third kappa shape index (κ3) is 6.67. The van der Waals surface area contributed by atoms with Gasteiger partial charge in [-0.1, -0.05) is 0 Å². The molecule has 120 valence electrons. The molecule has 8 heteroatoms. The first-order chi connectivity index (χ1) is 9.83. The molecule has 0 saturated carbocycles. The smallest absolute Gasteiger partial charge is 0.338 e. The van der Waals surface area contributed by atoms with E-state index >= 15 is 0 Å². The number of amides is 2. The maximum Gasteiger partial charge on any atom is 0.401 e. The lowest BCUT2D eigenvalue weighted by atomic mass is 10.2. The quantitative estimate of drug-likeness (QED) is 0.790. The summed E-state index contributed by atoms with van der Waals surface area (Å²) in [6.07, 6.45) is -2.29. The molecule has 1 N–H and O–H groups in total. The summed E-state index contributed by atoms with van der Waals surface area (Å²) in [5.41, 5.74) is 0. The number of urea groups is 1. The zero-order valence-corrected chi connectivity index (χ0v) is 12.1. The molecule has 0 spiro atoms. The Morgan fingerprint density at radius 1 is 1.38 bits per heavy atom. The monoisotopic (exact) mass is 306 g/mol. The van der Waals surface area contributed by atoms with Crippen LogP contribution in [0.4, 0.5) is 18.0 Å². The molecule has 0 radical (unpaired) electrons. The number of carbonyl (C=O) groups excluding carboxylic acids is 1. The van der Waals surface area contributed by atoms with E-state index in [-0.39, 0.29) is 18.6 Å². The number of halogens is 3. The van der Waals surface area contributed by atoms with Crippen LogP contribution in [0.25, 0.3) is 0 Å². The number of hydrogen-bond acceptors (Lipinski definition) is 3. The minimum atomic E-state index is -4.21. The molecule has 5 nitrogen and oxygen atoms in total. The number of nitriles is 1. The van der Waals surface area contributed by atoms with Gasteiger partial charge in [0.1, 0.15) is 0 Å². The maximum absolute atomic E-state index is 12.4. The van der Waals surface area contributed by atoms with Gasteiger partial charge in [-0.25, -0.2) is 4.79 Å². The van der Waals surface area contributed by atoms with Gasteiger partial charge in [-0.2, -0.15) is 18.4 Å². The molecule has 0 unspecified atom stereocenters. The van der Waals surface area contributed by atoms with E-state index in [1.165, 1.54) is 4.90 Å². The summed E-state index contributed by atoms with van der Waals surface area (Å²) >= 11 is 0. The Hall–Kier alpha value is -1.49. The van der Waals surface area contributed by atoms with Gasteiger partial charge in [0.15, 0.2) is 0 Å². The van der Waals surface area contributed by atoms with Gasteiger partial charge in [0.2, 0.25) is 0 Å². The van der Waals surface area contributed by atoms with E-state index in [1.54, 1.807) is 11.8 Å². The second-order valence-electron chi connectivity index (χ2n) is 5.23. The highest BCUT2D eigenvalue weighted by Gasteiger charge is 2.35. The zero-order valence-electron chi connectivity index (χ0n) is 12.1. The van der Waals surface area contributed by atoms with Gasteiger partial charge in [0.05, 0.1) is 12.6 Å². The van der Waals surface area contributed by atoms with E-state index in [0.29, 0.717) is 26.1 Å². The molecule has 0 aromatic rings. The lowest BCUT2D eigenvalue weighted by Gasteiger charge is -2.39. The number of piperazine rings is 1. The molecule has 21 heavy (non-hydrogen) atoms. The van der Waals surface area contributed by atoms with E-state index in [2.05, 4.69) is 5.32 Å². The molecular formula is C13H21F3N4O. The summed E-state index contributed by atoms with van der Waals surface area (Å²) in [5.74, 6) is 0. The van der Waals surface area contributed by atoms with Gasteiger partial charge >= 0.3 is 12.2 Å². The number of nitrogens with zero attached hydrogens (tertiary/aromatic N) is 3. The second-order valence-corrected chi connectivity index (χ2v) is 5.23. The van der Waals surface area contributed by atoms with Crippen LogP contribution in [0.1, 0.15) is 26.2 Å². The molecule has 1 atom stereocenters. The van der Waals surface area contributed by atoms with Crippen molar-refractivity contribution in [1.82, 2.24) is 15.1 Å². The maximum atomic E-state index is 12.4. The molecule has 1 heterocycles. The van der Waals surface area contributed by atoms with Crippen LogP contribution >= 0.6 is 0 Å². The predicted octanol–water partition coefficient (Wildman–Crippen LogP) is 1.96. The summed E-state index contributed by atoms with van der Waals surface area (Å²) in [7, 11) is 0. The first-order valence-electron chi connectivity index (χ1n) is 7.04. The summed E-state index contributed by atoms with van der Waals surface area (Å²) in [4.78, 5) is 14.8. The van der Waals surface area contributed by atoms with Crippen molar-refractivity contribution in [2.45, 2.75) is 38.4 Å². The first kappa shape index (κ1) is 17.6. The lowest BCUT2D eigenvalue weighted by molar-refractivity contribution is -0.153. The molecule has 0 aromatic heterocycles. The van der Waals surface area contributed by atoms with Crippen LogP contribution < -0.4 is 5.32 Å². The Morgan fingerprint density at radius 2 is 2.10 bits per heavy atom. The highest BCUT2D eigenvalue weighted by molar-refractivity contribution is 5.74. The van der Waals surface area contributed by atoms with Gasteiger partial charge in [-0.3, -0.25) is 4.90 Å². The van der Waals surface area contributed by atoms with E-state index in [4.69, 9.17) is 5.26 Å². The summed E-state index contributed by atoms with van der Waals surface area (Å²) in [6.45, 7) is 2.06. The molecule has 0 aromatic carbocycles. The Balaban J connectivity index is 2.30. The summed E-state index contributed by atoms with van der Waals surface area (Å²) in [5, 5.41) is 11.1. The number of rotatable bonds is 5. The van der Waals surface area contributed by atoms with Crippen LogP contribution in [0, 0.1) is 11.3 Å². The number of nitrogens with one attached hydrogen (secondary N) is 1. The third-order valence-corrected chi connectivity index (χ3v) is 3.43. The zero-order chi connectivity index (χ0) is 15.9. The van der Waals surface area contributed by atoms with Crippen LogP contribution in [0.2, 0.25) is 0 Å². The van der Waals surface area contributed by atoms with Gasteiger partial charge in [-0.15, -0.1) is 0 Å². The van der Waals surface area contributed by atoms with Crippen LogP contribution in [0.15, 0.2) is 0 Å². The molecule has 0 bridgehead atoms. The largest absolute Gasteiger partial charge is 0.401 e. The average Bonchev–Trinajstić information content (AvgIpc) is 2.39. The second kappa shape index (κ2) is 8.08. The Kier molecular flexibility index (Phi) is 6.75. The third-order valence-electron chi connectivity index (χ3n) is 3.43. The van der Waals surface area contributed by atoms with Gasteiger partial charge in [0, 0.05) is 38.6 Å². The highest BCUT2D eigenvalue weighted by atomic mass is 19.4. The van der Waals surface area contributed by atoms with Gasteiger partial charge in [0.25, 0.3) is 0 Å². The van der Waals surface area contributed by atoms with E-state index < -0.39 is 12.7 Å². The van der Waals surface area contributed by atoms with Crippen molar-refractivity contribution in [3.8, 4) is 6.07 Å². The summed E-state index contributed by atoms with van der Waals surface area (Å²) in [6, 6.07) is 1.47. The number of hydrogen-bond donors (Lipinski definition) is 1. The fraction of sp³-hybridized carbons (Fsp3) is 0.846. The molecule has 2 amide bonds. The van der Waals surface area contributed by atoms with E-state index in [1.807, 2.05) is 6.07 Å². The minimum Gasteiger partial charge on any atom is -0.338 e. The molecule has 1 rings (SSSR count). The molecule has 1 fully saturated rings.